The molecular weight excluding hydrogens is 326 g/mol. The monoisotopic (exact) mass is 340 g/mol. The Hall–Kier alpha value is -1.51. The lowest BCUT2D eigenvalue weighted by atomic mass is 9.99. The topological polar surface area (TPSA) is 36.4 Å². The fraction of sp³-hybridized carbons (Fsp3) is 0.643. The molecule has 0 radical (unpaired) electrons. The minimum atomic E-state index is -4.97. The fourth-order valence-electron chi connectivity index (χ4n) is 3.64. The lowest BCUT2D eigenvalue weighted by molar-refractivity contribution is -0.145. The Kier molecular flexibility index (Phi) is 3.74. The van der Waals surface area contributed by atoms with Crippen LogP contribution in [-0.4, -0.2) is 28.8 Å². The third-order valence-electron chi connectivity index (χ3n) is 4.62. The Morgan fingerprint density at radius 2 is 1.78 bits per heavy atom. The number of anilines is 1. The Morgan fingerprint density at radius 1 is 1.09 bits per heavy atom. The minimum Gasteiger partial charge on any atom is -0.394 e. The fourth-order valence-corrected chi connectivity index (χ4v) is 3.64. The van der Waals surface area contributed by atoms with Crippen molar-refractivity contribution in [1.29, 1.82) is 0 Å². The van der Waals surface area contributed by atoms with Crippen molar-refractivity contribution < 1.29 is 31.4 Å². The molecule has 1 saturated carbocycles. The Bertz CT molecular complexity index is 568. The SMILES string of the molecule is OC[C@@H]1[C@H]2CC[C@H](C2)N1c1cc(C(F)(F)F)cc(C(F)(F)F)n1. The Labute approximate surface area is 127 Å². The van der Waals surface area contributed by atoms with Gasteiger partial charge < -0.3 is 10.0 Å². The molecule has 1 aromatic rings. The van der Waals surface area contributed by atoms with Crippen molar-refractivity contribution >= 4 is 5.82 Å². The van der Waals surface area contributed by atoms with Crippen LogP contribution in [0.15, 0.2) is 12.1 Å². The van der Waals surface area contributed by atoms with E-state index < -0.39 is 29.7 Å². The number of alkyl halides is 6. The summed E-state index contributed by atoms with van der Waals surface area (Å²) in [5, 5.41) is 9.46. The van der Waals surface area contributed by atoms with Crippen LogP contribution >= 0.6 is 0 Å². The van der Waals surface area contributed by atoms with E-state index >= 15 is 0 Å². The molecule has 3 atom stereocenters. The summed E-state index contributed by atoms with van der Waals surface area (Å²) in [6, 6.07) is 0.00438. The third kappa shape index (κ3) is 2.86. The molecule has 1 N–H and O–H groups in total. The van der Waals surface area contributed by atoms with Crippen LogP contribution in [-0.2, 0) is 12.4 Å². The van der Waals surface area contributed by atoms with Crippen LogP contribution in [0.5, 0.6) is 0 Å². The van der Waals surface area contributed by atoms with Crippen LogP contribution in [0, 0.1) is 5.92 Å². The molecule has 1 aliphatic heterocycles. The smallest absolute Gasteiger partial charge is 0.394 e. The van der Waals surface area contributed by atoms with E-state index in [0.717, 1.165) is 6.42 Å². The average molecular weight is 340 g/mol. The number of aliphatic hydroxyl groups excluding tert-OH is 1. The molecular formula is C14H14F6N2O. The highest BCUT2D eigenvalue weighted by molar-refractivity contribution is 5.48. The molecule has 1 aliphatic carbocycles. The molecule has 2 bridgehead atoms. The van der Waals surface area contributed by atoms with E-state index in [1.165, 1.54) is 4.90 Å². The van der Waals surface area contributed by atoms with E-state index in [-0.39, 0.29) is 30.5 Å². The van der Waals surface area contributed by atoms with E-state index in [9.17, 15) is 31.4 Å². The number of fused-ring (bicyclic) bond motifs is 2. The first kappa shape index (κ1) is 16.4. The summed E-state index contributed by atoms with van der Waals surface area (Å²) < 4.78 is 77.5. The van der Waals surface area contributed by atoms with Crippen LogP contribution < -0.4 is 4.90 Å². The molecule has 2 aliphatic rings. The molecule has 1 aromatic heterocycles. The molecule has 0 aromatic carbocycles. The summed E-state index contributed by atoms with van der Waals surface area (Å²) in [6.07, 6.45) is -7.71. The summed E-state index contributed by atoms with van der Waals surface area (Å²) in [5.41, 5.74) is -2.95. The van der Waals surface area contributed by atoms with Gasteiger partial charge in [-0.25, -0.2) is 4.98 Å². The van der Waals surface area contributed by atoms with E-state index in [1.807, 2.05) is 0 Å². The molecule has 0 amide bonds. The number of rotatable bonds is 2. The first-order valence-corrected chi connectivity index (χ1v) is 7.17. The molecule has 23 heavy (non-hydrogen) atoms. The minimum absolute atomic E-state index is 0.0196. The summed E-state index contributed by atoms with van der Waals surface area (Å²) in [4.78, 5) is 4.84. The van der Waals surface area contributed by atoms with Crippen molar-refractivity contribution in [3.8, 4) is 0 Å². The molecule has 0 unspecified atom stereocenters. The van der Waals surface area contributed by atoms with Gasteiger partial charge in [0.15, 0.2) is 0 Å². The molecule has 1 saturated heterocycles. The number of piperidine rings is 1. The van der Waals surface area contributed by atoms with Gasteiger partial charge in [0.05, 0.1) is 18.2 Å². The highest BCUT2D eigenvalue weighted by atomic mass is 19.4. The zero-order valence-corrected chi connectivity index (χ0v) is 11.8. The summed E-state index contributed by atoms with van der Waals surface area (Å²) in [7, 11) is 0. The molecule has 9 heteroatoms. The number of hydrogen-bond acceptors (Lipinski definition) is 3. The molecule has 128 valence electrons. The predicted molar refractivity (Wildman–Crippen MR) is 68.7 cm³/mol. The van der Waals surface area contributed by atoms with Crippen LogP contribution in [0.25, 0.3) is 0 Å². The first-order valence-electron chi connectivity index (χ1n) is 7.17. The number of pyridine rings is 1. The van der Waals surface area contributed by atoms with Crippen LogP contribution in [0.3, 0.4) is 0 Å². The molecule has 0 spiro atoms. The summed E-state index contributed by atoms with van der Waals surface area (Å²) >= 11 is 0. The second-order valence-corrected chi connectivity index (χ2v) is 5.98. The van der Waals surface area contributed by atoms with Crippen molar-refractivity contribution in [2.45, 2.75) is 43.7 Å². The number of aliphatic hydroxyl groups is 1. The Morgan fingerprint density at radius 3 is 2.35 bits per heavy atom. The third-order valence-corrected chi connectivity index (χ3v) is 4.62. The summed E-state index contributed by atoms with van der Waals surface area (Å²) in [5.74, 6) is -0.283. The molecule has 2 heterocycles. The lowest BCUT2D eigenvalue weighted by Gasteiger charge is -2.35. The standard InChI is InChI=1S/C14H14F6N2O/c15-13(16,17)8-4-11(14(18,19)20)21-12(5-8)22-9-2-1-7(3-9)10(22)6-23/h4-5,7,9-10,23H,1-3,6H2/t7-,9+,10+/m0/s1. The maximum absolute atomic E-state index is 12.9. The second kappa shape index (κ2) is 5.25. The van der Waals surface area contributed by atoms with Crippen LogP contribution in [0.1, 0.15) is 30.5 Å². The maximum Gasteiger partial charge on any atom is 0.433 e. The van der Waals surface area contributed by atoms with Gasteiger partial charge in [-0.2, -0.15) is 26.3 Å². The van der Waals surface area contributed by atoms with E-state index in [2.05, 4.69) is 4.98 Å². The number of halogens is 6. The molecule has 3 nitrogen and oxygen atoms in total. The highest BCUT2D eigenvalue weighted by Crippen LogP contribution is 2.45. The van der Waals surface area contributed by atoms with Gasteiger partial charge in [0.1, 0.15) is 11.5 Å². The van der Waals surface area contributed by atoms with Gasteiger partial charge in [-0.3, -0.25) is 0 Å². The van der Waals surface area contributed by atoms with Gasteiger partial charge in [-0.1, -0.05) is 0 Å². The summed E-state index contributed by atoms with van der Waals surface area (Å²) in [6.45, 7) is -0.319. The van der Waals surface area contributed by atoms with Gasteiger partial charge >= 0.3 is 12.4 Å². The number of hydrogen-bond donors (Lipinski definition) is 1. The van der Waals surface area contributed by atoms with Crippen molar-refractivity contribution in [2.75, 3.05) is 11.5 Å². The zero-order chi connectivity index (χ0) is 17.0. The van der Waals surface area contributed by atoms with Crippen molar-refractivity contribution in [3.63, 3.8) is 0 Å². The highest BCUT2D eigenvalue weighted by Gasteiger charge is 2.47. The normalized spacial score (nSPS) is 27.8. The largest absolute Gasteiger partial charge is 0.433 e. The van der Waals surface area contributed by atoms with Gasteiger partial charge in [0.2, 0.25) is 0 Å². The first-order chi connectivity index (χ1) is 10.6. The van der Waals surface area contributed by atoms with Gasteiger partial charge in [-0.15, -0.1) is 0 Å². The van der Waals surface area contributed by atoms with Gasteiger partial charge in [0.25, 0.3) is 0 Å². The van der Waals surface area contributed by atoms with E-state index in [1.54, 1.807) is 0 Å². The quantitative estimate of drug-likeness (QED) is 0.838. The molecule has 2 fully saturated rings. The van der Waals surface area contributed by atoms with Crippen molar-refractivity contribution in [3.05, 3.63) is 23.4 Å². The van der Waals surface area contributed by atoms with Crippen LogP contribution in [0.2, 0.25) is 0 Å². The second-order valence-electron chi connectivity index (χ2n) is 5.98. The zero-order valence-electron chi connectivity index (χ0n) is 11.8. The number of nitrogens with zero attached hydrogens (tertiary/aromatic N) is 2. The van der Waals surface area contributed by atoms with E-state index in [0.29, 0.717) is 18.9 Å². The van der Waals surface area contributed by atoms with Crippen LogP contribution in [0.4, 0.5) is 32.2 Å². The lowest BCUT2D eigenvalue weighted by Crippen LogP contribution is -2.44. The predicted octanol–water partition coefficient (Wildman–Crippen LogP) is 3.47. The van der Waals surface area contributed by atoms with E-state index in [4.69, 9.17) is 0 Å². The average Bonchev–Trinajstić information content (AvgIpc) is 3.05. The van der Waals surface area contributed by atoms with Crippen molar-refractivity contribution in [1.82, 2.24) is 4.98 Å². The van der Waals surface area contributed by atoms with Crippen molar-refractivity contribution in [2.24, 2.45) is 5.92 Å². The van der Waals surface area contributed by atoms with Gasteiger partial charge in [-0.05, 0) is 37.3 Å². The number of aromatic nitrogens is 1. The Balaban J connectivity index is 2.08. The molecule has 3 rings (SSSR count). The van der Waals surface area contributed by atoms with Gasteiger partial charge in [0, 0.05) is 6.04 Å². The maximum atomic E-state index is 12.9.